The van der Waals surface area contributed by atoms with E-state index in [1.165, 1.54) is 55.8 Å². The van der Waals surface area contributed by atoms with E-state index in [1.807, 2.05) is 48.5 Å². The van der Waals surface area contributed by atoms with Crippen LogP contribution in [0, 0.1) is 12.1 Å². The Bertz CT molecular complexity index is 4150. The molecule has 0 amide bonds. The normalized spacial score (nSPS) is 12.4. The van der Waals surface area contributed by atoms with Gasteiger partial charge in [0, 0.05) is 47.6 Å². The van der Waals surface area contributed by atoms with Crippen LogP contribution in [0.3, 0.4) is 0 Å². The molecular weight excluding hydrogens is 1160 g/mol. The fourth-order valence-electron chi connectivity index (χ4n) is 11.1. The van der Waals surface area contributed by atoms with E-state index in [0.29, 0.717) is 0 Å². The molecule has 0 atom stereocenters. The number of benzene rings is 9. The van der Waals surface area contributed by atoms with Crippen LogP contribution in [0.2, 0.25) is 19.6 Å². The molecule has 9 aromatic carbocycles. The van der Waals surface area contributed by atoms with Gasteiger partial charge in [-0.15, -0.1) is 54.1 Å². The average molecular weight is 1230 g/mol. The van der Waals surface area contributed by atoms with E-state index in [0.717, 1.165) is 77.9 Å². The standard InChI is InChI=1S/C43H35N2O.C29H35N2Si.Ir/c1-27(2)36-25-32(31-23-21-30(22-24-31)29-13-6-5-7-14-29)26-37(28(3)4)41(36)45-39-19-10-9-18-38(39)44-43(45)35-17-12-16-34-33-15-8-11-20-40(33)46-42(34)35;1-19(2)24-16-21(18-32(5,6)7)17-25(20(3)4)27(24)23-14-11-15-26-28(23)31-29(30-26)22-12-9-8-10-13-22;/h5-16,18-28H,1-4H3;8-12,14-17,19-20H,18H2,1-7H3,(H,30,31);/q2*-1;/i;18D2;. The van der Waals surface area contributed by atoms with Crippen LogP contribution in [-0.2, 0) is 26.1 Å². The van der Waals surface area contributed by atoms with Crippen LogP contribution >= 0.6 is 0 Å². The molecule has 0 aliphatic carbocycles. The van der Waals surface area contributed by atoms with E-state index in [4.69, 9.17) is 17.1 Å². The summed E-state index contributed by atoms with van der Waals surface area (Å²) in [6.07, 6.45) is 0. The Morgan fingerprint density at radius 1 is 0.557 bits per heavy atom. The summed E-state index contributed by atoms with van der Waals surface area (Å²) in [5.74, 6) is 1.40. The molecule has 0 aliphatic heterocycles. The Hall–Kier alpha value is -7.41. The van der Waals surface area contributed by atoms with Crippen LogP contribution in [-0.4, -0.2) is 27.6 Å². The van der Waals surface area contributed by atoms with Gasteiger partial charge in [0.05, 0.1) is 39.3 Å². The van der Waals surface area contributed by atoms with Crippen molar-refractivity contribution < 1.29 is 27.3 Å². The molecule has 79 heavy (non-hydrogen) atoms. The molecule has 7 heteroatoms. The summed E-state index contributed by atoms with van der Waals surface area (Å²) in [7, 11) is -2.10. The van der Waals surface area contributed by atoms with Crippen molar-refractivity contribution in [2.45, 2.75) is 105 Å². The number of hydrogen-bond donors (Lipinski definition) is 1. The van der Waals surface area contributed by atoms with Crippen LogP contribution in [0.4, 0.5) is 0 Å². The first-order valence-corrected chi connectivity index (χ1v) is 31.2. The molecular formula is C72H70IrN4OSi-2. The average Bonchev–Trinajstić information content (AvgIpc) is 4.36. The van der Waals surface area contributed by atoms with E-state index in [2.05, 4.69) is 230 Å². The van der Waals surface area contributed by atoms with Crippen LogP contribution in [0.5, 0.6) is 0 Å². The predicted octanol–water partition coefficient (Wildman–Crippen LogP) is 20.3. The molecule has 0 saturated heterocycles. The molecule has 12 aromatic rings. The minimum absolute atomic E-state index is 0. The molecule has 1 radical (unpaired) electrons. The van der Waals surface area contributed by atoms with Gasteiger partial charge >= 0.3 is 0 Å². The third kappa shape index (κ3) is 11.0. The van der Waals surface area contributed by atoms with Crippen molar-refractivity contribution in [1.29, 1.82) is 0 Å². The number of imidazole rings is 2. The zero-order valence-electron chi connectivity index (χ0n) is 49.2. The van der Waals surface area contributed by atoms with Gasteiger partial charge in [0.15, 0.2) is 0 Å². The first-order chi connectivity index (χ1) is 38.4. The number of rotatable bonds is 12. The van der Waals surface area contributed by atoms with Gasteiger partial charge in [-0.3, -0.25) is 9.97 Å². The van der Waals surface area contributed by atoms with Gasteiger partial charge in [0.1, 0.15) is 5.58 Å². The van der Waals surface area contributed by atoms with Crippen molar-refractivity contribution in [3.63, 3.8) is 0 Å². The molecule has 0 bridgehead atoms. The van der Waals surface area contributed by atoms with Crippen molar-refractivity contribution in [3.05, 3.63) is 222 Å². The zero-order chi connectivity index (χ0) is 56.2. The number of furan rings is 1. The summed E-state index contributed by atoms with van der Waals surface area (Å²) < 4.78 is 26.9. The Balaban J connectivity index is 0.000000188. The summed E-state index contributed by atoms with van der Waals surface area (Å²) in [6.45, 7) is 24.3. The van der Waals surface area contributed by atoms with Crippen molar-refractivity contribution in [2.75, 3.05) is 0 Å². The third-order valence-corrected chi connectivity index (χ3v) is 15.8. The fourth-order valence-corrected chi connectivity index (χ4v) is 12.1. The van der Waals surface area contributed by atoms with Crippen molar-refractivity contribution in [2.24, 2.45) is 0 Å². The summed E-state index contributed by atoms with van der Waals surface area (Å²) in [6, 6.07) is 70.3. The van der Waals surface area contributed by atoms with Crippen LogP contribution < -0.4 is 0 Å². The van der Waals surface area contributed by atoms with Crippen LogP contribution in [0.15, 0.2) is 186 Å². The van der Waals surface area contributed by atoms with Gasteiger partial charge in [0.25, 0.3) is 0 Å². The van der Waals surface area contributed by atoms with Gasteiger partial charge in [0.2, 0.25) is 0 Å². The van der Waals surface area contributed by atoms with Crippen molar-refractivity contribution >= 4 is 52.1 Å². The second-order valence-corrected chi connectivity index (χ2v) is 27.7. The summed E-state index contributed by atoms with van der Waals surface area (Å²) in [5.41, 5.74) is 21.6. The molecule has 0 saturated carbocycles. The topological polar surface area (TPSA) is 59.6 Å². The Morgan fingerprint density at radius 3 is 1.80 bits per heavy atom. The number of nitrogens with zero attached hydrogens (tertiary/aromatic N) is 3. The van der Waals surface area contributed by atoms with Gasteiger partial charge < -0.3 is 14.0 Å². The first kappa shape index (κ1) is 52.3. The zero-order valence-corrected chi connectivity index (χ0v) is 50.6. The molecule has 12 rings (SSSR count). The second-order valence-electron chi connectivity index (χ2n) is 23.0. The molecule has 0 fully saturated rings. The minimum Gasteiger partial charge on any atom is -0.501 e. The summed E-state index contributed by atoms with van der Waals surface area (Å²) in [5, 5.41) is 2.18. The third-order valence-electron chi connectivity index (χ3n) is 14.8. The molecule has 3 heterocycles. The quantitative estimate of drug-likeness (QED) is 0.0979. The van der Waals surface area contributed by atoms with E-state index in [-0.39, 0.29) is 43.8 Å². The number of aromatic amines is 1. The van der Waals surface area contributed by atoms with Gasteiger partial charge in [-0.25, -0.2) is 0 Å². The SMILES string of the molecule is CC(C)c1cc(-c2ccc(-c3ccccc3)cc2)cc(C(C)C)c1-n1c(-c2[c-]ccc3c2oc2ccccc23)nc2ccccc21.[2H]C([2H])(c1cc(C(C)C)c(-c2cccc3nc(-c4[c-]cccc4)[nH]c23)c(C(C)C)c1)[Si](C)(C)C.[Ir]. The van der Waals surface area contributed by atoms with Crippen molar-refractivity contribution in [3.8, 4) is 61.8 Å². The van der Waals surface area contributed by atoms with Gasteiger partial charge in [-0.2, -0.15) is 0 Å². The second kappa shape index (κ2) is 22.7. The number of nitrogens with one attached hydrogen (secondary N) is 1. The maximum atomic E-state index is 9.01. The number of fused-ring (bicyclic) bond motifs is 5. The van der Waals surface area contributed by atoms with Crippen LogP contribution in [0.1, 0.15) is 110 Å². The molecule has 5 nitrogen and oxygen atoms in total. The van der Waals surface area contributed by atoms with Gasteiger partial charge in [-0.1, -0.05) is 201 Å². The smallest absolute Gasteiger partial charge is 0.120 e. The predicted molar refractivity (Wildman–Crippen MR) is 333 cm³/mol. The van der Waals surface area contributed by atoms with Crippen molar-refractivity contribution in [1.82, 2.24) is 19.5 Å². The maximum absolute atomic E-state index is 9.01. The molecule has 1 N–H and O–H groups in total. The molecule has 0 aliphatic rings. The Labute approximate surface area is 484 Å². The number of hydrogen-bond acceptors (Lipinski definition) is 3. The van der Waals surface area contributed by atoms with E-state index >= 15 is 0 Å². The minimum atomic E-state index is -2.10. The number of aromatic nitrogens is 4. The first-order valence-electron chi connectivity index (χ1n) is 28.7. The summed E-state index contributed by atoms with van der Waals surface area (Å²) >= 11 is 0. The summed E-state index contributed by atoms with van der Waals surface area (Å²) in [4.78, 5) is 13.7. The van der Waals surface area contributed by atoms with Gasteiger partial charge in [-0.05, 0) is 116 Å². The van der Waals surface area contributed by atoms with E-state index < -0.39 is 14.1 Å². The molecule has 3 aromatic heterocycles. The number of para-hydroxylation sites is 4. The van der Waals surface area contributed by atoms with Crippen LogP contribution in [0.25, 0.3) is 106 Å². The number of H-pyrrole nitrogens is 1. The Morgan fingerprint density at radius 2 is 1.15 bits per heavy atom. The van der Waals surface area contributed by atoms with E-state index in [1.54, 1.807) is 0 Å². The molecule has 0 unspecified atom stereocenters. The molecule has 0 spiro atoms. The molecule has 399 valence electrons. The fraction of sp³-hybridized carbons (Fsp3) is 0.222. The maximum Gasteiger partial charge on any atom is 0.120 e. The Kier molecular flexibility index (Phi) is 15.1. The largest absolute Gasteiger partial charge is 0.501 e. The van der Waals surface area contributed by atoms with E-state index in [9.17, 15) is 0 Å². The monoisotopic (exact) mass is 1230 g/mol.